The van der Waals surface area contributed by atoms with Crippen LogP contribution in [-0.2, 0) is 11.3 Å². The number of alkyl halides is 1. The molecular weight excluding hydrogens is 292 g/mol. The van der Waals surface area contributed by atoms with E-state index in [1.54, 1.807) is 12.1 Å². The van der Waals surface area contributed by atoms with Gasteiger partial charge >= 0.3 is 0 Å². The van der Waals surface area contributed by atoms with E-state index < -0.39 is 0 Å². The molecule has 96 valence electrons. The van der Waals surface area contributed by atoms with Crippen LogP contribution in [0.25, 0.3) is 0 Å². The van der Waals surface area contributed by atoms with Crippen molar-refractivity contribution in [2.75, 3.05) is 11.9 Å². The number of benzene rings is 1. The lowest BCUT2D eigenvalue weighted by molar-refractivity contribution is -0.131. The summed E-state index contributed by atoms with van der Waals surface area (Å²) in [6.07, 6.45) is 1.47. The first kappa shape index (κ1) is 14.7. The Morgan fingerprint density at radius 2 is 2.06 bits per heavy atom. The Morgan fingerprint density at radius 3 is 2.56 bits per heavy atom. The van der Waals surface area contributed by atoms with Crippen LogP contribution in [0.15, 0.2) is 24.3 Å². The van der Waals surface area contributed by atoms with E-state index in [1.807, 2.05) is 17.0 Å². The molecule has 3 nitrogen and oxygen atoms in total. The molecule has 1 rings (SSSR count). The maximum absolute atomic E-state index is 11.9. The van der Waals surface area contributed by atoms with Gasteiger partial charge in [-0.2, -0.15) is 5.26 Å². The van der Waals surface area contributed by atoms with Gasteiger partial charge in [0.2, 0.25) is 5.91 Å². The second-order valence-corrected chi connectivity index (χ2v) is 4.86. The normalized spacial score (nSPS) is 9.83. The number of nitriles is 1. The van der Waals surface area contributed by atoms with Crippen molar-refractivity contribution < 1.29 is 4.79 Å². The van der Waals surface area contributed by atoms with Gasteiger partial charge in [-0.3, -0.25) is 4.79 Å². The van der Waals surface area contributed by atoms with E-state index in [4.69, 9.17) is 5.26 Å². The third-order valence-electron chi connectivity index (χ3n) is 2.61. The fraction of sp³-hybridized carbons (Fsp3) is 0.429. The van der Waals surface area contributed by atoms with Crippen molar-refractivity contribution in [2.45, 2.75) is 26.3 Å². The minimum absolute atomic E-state index is 0.165. The summed E-state index contributed by atoms with van der Waals surface area (Å²) in [5.41, 5.74) is 1.71. The van der Waals surface area contributed by atoms with Crippen molar-refractivity contribution >= 4 is 21.8 Å². The van der Waals surface area contributed by atoms with Crippen molar-refractivity contribution in [3.63, 3.8) is 0 Å². The molecule has 0 bridgehead atoms. The van der Waals surface area contributed by atoms with Gasteiger partial charge in [-0.15, -0.1) is 0 Å². The molecule has 0 saturated carbocycles. The molecule has 0 N–H and O–H groups in total. The number of amides is 1. The molecule has 0 fully saturated rings. The fourth-order valence-corrected chi connectivity index (χ4v) is 2.05. The molecule has 1 aromatic carbocycles. The topological polar surface area (TPSA) is 44.1 Å². The van der Waals surface area contributed by atoms with E-state index in [0.29, 0.717) is 23.9 Å². The van der Waals surface area contributed by atoms with Gasteiger partial charge in [0.25, 0.3) is 0 Å². The maximum atomic E-state index is 11.9. The van der Waals surface area contributed by atoms with Gasteiger partial charge in [-0.05, 0) is 24.1 Å². The van der Waals surface area contributed by atoms with Gasteiger partial charge in [0.05, 0.1) is 11.6 Å². The van der Waals surface area contributed by atoms with E-state index in [1.165, 1.54) is 0 Å². The van der Waals surface area contributed by atoms with Gasteiger partial charge in [0.1, 0.15) is 0 Å². The van der Waals surface area contributed by atoms with Crippen LogP contribution in [0.5, 0.6) is 0 Å². The van der Waals surface area contributed by atoms with Crippen LogP contribution >= 0.6 is 15.9 Å². The lowest BCUT2D eigenvalue weighted by Crippen LogP contribution is -2.31. The van der Waals surface area contributed by atoms with Crippen LogP contribution < -0.4 is 0 Å². The van der Waals surface area contributed by atoms with Crippen LogP contribution in [0.1, 0.15) is 30.9 Å². The molecule has 0 aliphatic rings. The molecule has 0 saturated heterocycles. The van der Waals surface area contributed by atoms with Gasteiger partial charge in [0, 0.05) is 24.8 Å². The number of halogens is 1. The third-order valence-corrected chi connectivity index (χ3v) is 3.01. The Balaban J connectivity index is 2.70. The van der Waals surface area contributed by atoms with Crippen LogP contribution in [-0.4, -0.2) is 22.7 Å². The molecule has 1 aromatic rings. The standard InChI is InChI=1S/C14H17BrN2O/c1-2-9-17(14(18)7-8-15)11-13-5-3-12(10-16)4-6-13/h3-6H,2,7-9,11H2,1H3. The molecule has 0 spiro atoms. The van der Waals surface area contributed by atoms with E-state index in [9.17, 15) is 4.79 Å². The Labute approximate surface area is 117 Å². The summed E-state index contributed by atoms with van der Waals surface area (Å²) < 4.78 is 0. The van der Waals surface area contributed by atoms with Gasteiger partial charge < -0.3 is 4.90 Å². The SMILES string of the molecule is CCCN(Cc1ccc(C#N)cc1)C(=O)CCBr. The van der Waals surface area contributed by atoms with Crippen molar-refractivity contribution in [2.24, 2.45) is 0 Å². The molecule has 0 unspecified atom stereocenters. The Hall–Kier alpha value is -1.34. The molecule has 0 aromatic heterocycles. The van der Waals surface area contributed by atoms with E-state index in [2.05, 4.69) is 28.9 Å². The molecule has 1 amide bonds. The quantitative estimate of drug-likeness (QED) is 0.758. The van der Waals surface area contributed by atoms with E-state index >= 15 is 0 Å². The van der Waals surface area contributed by atoms with Crippen molar-refractivity contribution in [1.29, 1.82) is 5.26 Å². The Bertz CT molecular complexity index is 422. The molecule has 4 heteroatoms. The average molecular weight is 309 g/mol. The number of hydrogen-bond acceptors (Lipinski definition) is 2. The molecular formula is C14H17BrN2O. The summed E-state index contributed by atoms with van der Waals surface area (Å²) in [6, 6.07) is 9.47. The highest BCUT2D eigenvalue weighted by molar-refractivity contribution is 9.09. The number of nitrogens with zero attached hydrogens (tertiary/aromatic N) is 2. The number of carbonyl (C=O) groups is 1. The first-order chi connectivity index (χ1) is 8.71. The van der Waals surface area contributed by atoms with Crippen LogP contribution in [0.4, 0.5) is 0 Å². The first-order valence-corrected chi connectivity index (χ1v) is 7.16. The average Bonchev–Trinajstić information content (AvgIpc) is 2.39. The number of hydrogen-bond donors (Lipinski definition) is 0. The molecule has 18 heavy (non-hydrogen) atoms. The summed E-state index contributed by atoms with van der Waals surface area (Å²) in [5.74, 6) is 0.165. The lowest BCUT2D eigenvalue weighted by Gasteiger charge is -2.22. The monoisotopic (exact) mass is 308 g/mol. The summed E-state index contributed by atoms with van der Waals surface area (Å²) in [4.78, 5) is 13.8. The minimum atomic E-state index is 0.165. The van der Waals surface area contributed by atoms with Crippen molar-refractivity contribution in [3.05, 3.63) is 35.4 Å². The Morgan fingerprint density at radius 1 is 1.39 bits per heavy atom. The maximum Gasteiger partial charge on any atom is 0.223 e. The van der Waals surface area contributed by atoms with Crippen LogP contribution in [0.3, 0.4) is 0 Å². The zero-order valence-electron chi connectivity index (χ0n) is 10.5. The number of carbonyl (C=O) groups excluding carboxylic acids is 1. The predicted molar refractivity (Wildman–Crippen MR) is 75.3 cm³/mol. The number of rotatable bonds is 6. The van der Waals surface area contributed by atoms with E-state index in [-0.39, 0.29) is 5.91 Å². The predicted octanol–water partition coefficient (Wildman–Crippen LogP) is 3.08. The molecule has 0 heterocycles. The molecule has 0 aliphatic carbocycles. The highest BCUT2D eigenvalue weighted by atomic mass is 79.9. The second-order valence-electron chi connectivity index (χ2n) is 4.06. The highest BCUT2D eigenvalue weighted by Gasteiger charge is 2.12. The fourth-order valence-electron chi connectivity index (χ4n) is 1.71. The van der Waals surface area contributed by atoms with E-state index in [0.717, 1.165) is 18.5 Å². The molecule has 0 radical (unpaired) electrons. The lowest BCUT2D eigenvalue weighted by atomic mass is 10.1. The molecule has 0 atom stereocenters. The third kappa shape index (κ3) is 4.50. The van der Waals surface area contributed by atoms with Crippen LogP contribution in [0, 0.1) is 11.3 Å². The molecule has 0 aliphatic heterocycles. The summed E-state index contributed by atoms with van der Waals surface area (Å²) in [6.45, 7) is 3.45. The van der Waals surface area contributed by atoms with Crippen molar-refractivity contribution in [3.8, 4) is 6.07 Å². The smallest absolute Gasteiger partial charge is 0.223 e. The zero-order valence-corrected chi connectivity index (χ0v) is 12.1. The van der Waals surface area contributed by atoms with Gasteiger partial charge in [-0.1, -0.05) is 35.0 Å². The Kier molecular flexibility index (Phi) is 6.45. The summed E-state index contributed by atoms with van der Waals surface area (Å²) >= 11 is 3.29. The van der Waals surface area contributed by atoms with Crippen molar-refractivity contribution in [1.82, 2.24) is 4.90 Å². The van der Waals surface area contributed by atoms with Crippen LogP contribution in [0.2, 0.25) is 0 Å². The highest BCUT2D eigenvalue weighted by Crippen LogP contribution is 2.09. The summed E-state index contributed by atoms with van der Waals surface area (Å²) in [7, 11) is 0. The van der Waals surface area contributed by atoms with Gasteiger partial charge in [-0.25, -0.2) is 0 Å². The first-order valence-electron chi connectivity index (χ1n) is 6.04. The van der Waals surface area contributed by atoms with Gasteiger partial charge in [0.15, 0.2) is 0 Å². The second kappa shape index (κ2) is 7.88. The summed E-state index contributed by atoms with van der Waals surface area (Å²) in [5, 5.41) is 9.43. The minimum Gasteiger partial charge on any atom is -0.338 e. The zero-order chi connectivity index (χ0) is 13.4. The largest absolute Gasteiger partial charge is 0.338 e.